The fraction of sp³-hybridized carbons (Fsp3) is 0.714. The molecule has 0 radical (unpaired) electrons. The average molecular weight is 158 g/mol. The van der Waals surface area contributed by atoms with E-state index in [2.05, 4.69) is 15.3 Å². The molecule has 0 amide bonds. The topological polar surface area (TPSA) is 50.7 Å². The average Bonchev–Trinajstić information content (AvgIpc) is 1.87. The third-order valence-electron chi connectivity index (χ3n) is 1.14. The molecule has 0 aromatic heterocycles. The zero-order valence-corrected chi connectivity index (χ0v) is 7.34. The van der Waals surface area contributed by atoms with Crippen molar-refractivity contribution < 1.29 is 9.63 Å². The number of rotatable bonds is 2. The summed E-state index contributed by atoms with van der Waals surface area (Å²) in [6.45, 7) is 6.24. The minimum Gasteiger partial charge on any atom is -0.346 e. The van der Waals surface area contributed by atoms with Crippen molar-refractivity contribution in [1.29, 1.82) is 0 Å². The van der Waals surface area contributed by atoms with Gasteiger partial charge in [0, 0.05) is 12.5 Å². The van der Waals surface area contributed by atoms with Crippen LogP contribution in [0.15, 0.2) is 4.99 Å². The summed E-state index contributed by atoms with van der Waals surface area (Å²) >= 11 is 0. The Morgan fingerprint density at radius 3 is 2.36 bits per heavy atom. The van der Waals surface area contributed by atoms with E-state index in [1.165, 1.54) is 0 Å². The summed E-state index contributed by atoms with van der Waals surface area (Å²) in [5.74, 6) is 0.643. The van der Waals surface area contributed by atoms with Crippen LogP contribution in [0.2, 0.25) is 0 Å². The Kier molecular flexibility index (Phi) is 3.57. The van der Waals surface area contributed by atoms with E-state index in [0.29, 0.717) is 12.3 Å². The van der Waals surface area contributed by atoms with Gasteiger partial charge in [0.05, 0.1) is 0 Å². The van der Waals surface area contributed by atoms with Gasteiger partial charge in [-0.3, -0.25) is 9.79 Å². The normalized spacial score (nSPS) is 12.5. The second kappa shape index (κ2) is 3.95. The van der Waals surface area contributed by atoms with Crippen molar-refractivity contribution in [2.75, 3.05) is 7.05 Å². The predicted molar refractivity (Wildman–Crippen MR) is 43.1 cm³/mol. The van der Waals surface area contributed by atoms with E-state index < -0.39 is 0 Å². The number of hydroxylamine groups is 1. The first kappa shape index (κ1) is 9.94. The Hall–Kier alpha value is -1.06. The third-order valence-corrected chi connectivity index (χ3v) is 1.14. The van der Waals surface area contributed by atoms with Gasteiger partial charge in [-0.2, -0.15) is 0 Å². The number of aliphatic imine (C=N–C) groups is 1. The van der Waals surface area contributed by atoms with E-state index in [-0.39, 0.29) is 5.41 Å². The van der Waals surface area contributed by atoms with Gasteiger partial charge in [-0.1, -0.05) is 20.8 Å². The molecule has 0 aliphatic carbocycles. The summed E-state index contributed by atoms with van der Waals surface area (Å²) in [4.78, 5) is 18.1. The molecule has 0 atom stereocenters. The molecule has 0 spiro atoms. The van der Waals surface area contributed by atoms with Crippen LogP contribution < -0.4 is 5.48 Å². The molecule has 0 bridgehead atoms. The fourth-order valence-electron chi connectivity index (χ4n) is 0.614. The van der Waals surface area contributed by atoms with Gasteiger partial charge in [-0.05, 0) is 0 Å². The molecule has 4 heteroatoms. The SMILES string of the molecule is CN=C(NOC=O)C(C)(C)C. The molecular weight excluding hydrogens is 144 g/mol. The van der Waals surface area contributed by atoms with E-state index in [1.807, 2.05) is 20.8 Å². The van der Waals surface area contributed by atoms with Crippen molar-refractivity contribution >= 4 is 12.3 Å². The van der Waals surface area contributed by atoms with E-state index in [9.17, 15) is 4.79 Å². The number of hydrogen-bond donors (Lipinski definition) is 1. The number of carbonyl (C=O) groups excluding carboxylic acids is 1. The standard InChI is InChI=1S/C7H14N2O2/c1-7(2,3)6(8-4)9-11-5-10/h5H,1-4H3,(H,8,9). The molecule has 0 aromatic rings. The Bertz CT molecular complexity index is 158. The Labute approximate surface area is 66.6 Å². The molecular formula is C7H14N2O2. The number of nitrogens with one attached hydrogen (secondary N) is 1. The van der Waals surface area contributed by atoms with Crippen LogP contribution in [0.25, 0.3) is 0 Å². The zero-order chi connectivity index (χ0) is 8.91. The molecule has 0 aliphatic heterocycles. The van der Waals surface area contributed by atoms with Gasteiger partial charge in [0.2, 0.25) is 0 Å². The molecule has 0 aliphatic rings. The van der Waals surface area contributed by atoms with E-state index >= 15 is 0 Å². The van der Waals surface area contributed by atoms with Crippen LogP contribution in [0.4, 0.5) is 0 Å². The molecule has 0 heterocycles. The van der Waals surface area contributed by atoms with Crippen LogP contribution in [0.1, 0.15) is 20.8 Å². The summed E-state index contributed by atoms with van der Waals surface area (Å²) in [6, 6.07) is 0. The van der Waals surface area contributed by atoms with Gasteiger partial charge in [-0.25, -0.2) is 5.48 Å². The molecule has 0 rings (SSSR count). The molecule has 64 valence electrons. The summed E-state index contributed by atoms with van der Waals surface area (Å²) in [7, 11) is 1.64. The number of hydrogen-bond acceptors (Lipinski definition) is 3. The highest BCUT2D eigenvalue weighted by molar-refractivity contribution is 5.86. The molecule has 1 N–H and O–H groups in total. The highest BCUT2D eigenvalue weighted by Gasteiger charge is 2.18. The Morgan fingerprint density at radius 1 is 1.55 bits per heavy atom. The maximum Gasteiger partial charge on any atom is 0.320 e. The lowest BCUT2D eigenvalue weighted by Crippen LogP contribution is -2.34. The molecule has 0 unspecified atom stereocenters. The van der Waals surface area contributed by atoms with Gasteiger partial charge < -0.3 is 4.84 Å². The first-order valence-corrected chi connectivity index (χ1v) is 3.35. The monoisotopic (exact) mass is 158 g/mol. The largest absolute Gasteiger partial charge is 0.346 e. The number of amidine groups is 1. The molecule has 0 saturated carbocycles. The molecule has 0 aromatic carbocycles. The van der Waals surface area contributed by atoms with Crippen molar-refractivity contribution in [3.05, 3.63) is 0 Å². The van der Waals surface area contributed by atoms with Crippen LogP contribution in [0, 0.1) is 5.41 Å². The zero-order valence-electron chi connectivity index (χ0n) is 7.34. The summed E-state index contributed by atoms with van der Waals surface area (Å²) in [5.41, 5.74) is 2.31. The molecule has 4 nitrogen and oxygen atoms in total. The third kappa shape index (κ3) is 3.60. The van der Waals surface area contributed by atoms with Gasteiger partial charge in [0.25, 0.3) is 0 Å². The van der Waals surface area contributed by atoms with Crippen LogP contribution in [0.5, 0.6) is 0 Å². The van der Waals surface area contributed by atoms with Crippen LogP contribution in [-0.4, -0.2) is 19.4 Å². The van der Waals surface area contributed by atoms with Gasteiger partial charge in [0.1, 0.15) is 5.84 Å². The lowest BCUT2D eigenvalue weighted by Gasteiger charge is -2.20. The first-order valence-electron chi connectivity index (χ1n) is 3.35. The quantitative estimate of drug-likeness (QED) is 0.279. The number of nitrogens with zero attached hydrogens (tertiary/aromatic N) is 1. The van der Waals surface area contributed by atoms with Crippen LogP contribution in [0.3, 0.4) is 0 Å². The van der Waals surface area contributed by atoms with Crippen molar-refractivity contribution in [2.24, 2.45) is 10.4 Å². The highest BCUT2D eigenvalue weighted by Crippen LogP contribution is 2.13. The maximum atomic E-state index is 9.81. The second-order valence-corrected chi connectivity index (χ2v) is 3.14. The smallest absolute Gasteiger partial charge is 0.320 e. The first-order chi connectivity index (χ1) is 5.02. The molecule has 0 fully saturated rings. The number of carbonyl (C=O) groups is 1. The van der Waals surface area contributed by atoms with E-state index in [4.69, 9.17) is 0 Å². The van der Waals surface area contributed by atoms with Gasteiger partial charge >= 0.3 is 6.47 Å². The Balaban J connectivity index is 4.09. The van der Waals surface area contributed by atoms with Crippen molar-refractivity contribution in [3.63, 3.8) is 0 Å². The Morgan fingerprint density at radius 2 is 2.09 bits per heavy atom. The van der Waals surface area contributed by atoms with Crippen LogP contribution in [-0.2, 0) is 9.63 Å². The van der Waals surface area contributed by atoms with Crippen LogP contribution >= 0.6 is 0 Å². The minimum atomic E-state index is -0.127. The van der Waals surface area contributed by atoms with Crippen molar-refractivity contribution in [1.82, 2.24) is 5.48 Å². The summed E-state index contributed by atoms with van der Waals surface area (Å²) in [5, 5.41) is 0. The van der Waals surface area contributed by atoms with E-state index in [0.717, 1.165) is 0 Å². The summed E-state index contributed by atoms with van der Waals surface area (Å²) < 4.78 is 0. The van der Waals surface area contributed by atoms with E-state index in [1.54, 1.807) is 7.05 Å². The lowest BCUT2D eigenvalue weighted by atomic mass is 9.95. The maximum absolute atomic E-state index is 9.81. The predicted octanol–water partition coefficient (Wildman–Crippen LogP) is 0.738. The summed E-state index contributed by atoms with van der Waals surface area (Å²) in [6.07, 6.45) is 0. The molecule has 11 heavy (non-hydrogen) atoms. The van der Waals surface area contributed by atoms with Gasteiger partial charge in [0.15, 0.2) is 0 Å². The van der Waals surface area contributed by atoms with Gasteiger partial charge in [-0.15, -0.1) is 0 Å². The molecule has 0 saturated heterocycles. The van der Waals surface area contributed by atoms with Crippen molar-refractivity contribution in [3.8, 4) is 0 Å². The highest BCUT2D eigenvalue weighted by atomic mass is 16.7. The fourth-order valence-corrected chi connectivity index (χ4v) is 0.614. The van der Waals surface area contributed by atoms with Crippen molar-refractivity contribution in [2.45, 2.75) is 20.8 Å². The lowest BCUT2D eigenvalue weighted by molar-refractivity contribution is -0.132. The second-order valence-electron chi connectivity index (χ2n) is 3.14. The minimum absolute atomic E-state index is 0.127.